The van der Waals surface area contributed by atoms with Gasteiger partial charge in [-0.3, -0.25) is 9.20 Å². The van der Waals surface area contributed by atoms with Crippen LogP contribution in [0.2, 0.25) is 0 Å². The number of thiazole rings is 2. The van der Waals surface area contributed by atoms with Crippen molar-refractivity contribution in [3.8, 4) is 10.6 Å². The van der Waals surface area contributed by atoms with Gasteiger partial charge in [-0.2, -0.15) is 0 Å². The fourth-order valence-electron chi connectivity index (χ4n) is 3.25. The molecule has 0 atom stereocenters. The number of benzene rings is 1. The van der Waals surface area contributed by atoms with Crippen molar-refractivity contribution in [2.24, 2.45) is 0 Å². The Morgan fingerprint density at radius 2 is 2.11 bits per heavy atom. The molecule has 0 saturated heterocycles. The van der Waals surface area contributed by atoms with Gasteiger partial charge >= 0.3 is 0 Å². The fourth-order valence-corrected chi connectivity index (χ4v) is 5.86. The highest BCUT2D eigenvalue weighted by molar-refractivity contribution is 7.22. The predicted octanol–water partition coefficient (Wildman–Crippen LogP) is 5.53. The molecule has 0 bridgehead atoms. The van der Waals surface area contributed by atoms with Crippen molar-refractivity contribution in [2.75, 3.05) is 5.32 Å². The van der Waals surface area contributed by atoms with Crippen LogP contribution in [0.1, 0.15) is 16.8 Å². The molecule has 140 valence electrons. The molecular formula is C20H16N4OS3. The van der Waals surface area contributed by atoms with Gasteiger partial charge in [0.05, 0.1) is 21.5 Å². The minimum atomic E-state index is -0.0699. The number of hydrogen-bond acceptors (Lipinski definition) is 6. The Labute approximate surface area is 173 Å². The van der Waals surface area contributed by atoms with Crippen LogP contribution in [0.5, 0.6) is 0 Å². The van der Waals surface area contributed by atoms with Gasteiger partial charge in [0.2, 0.25) is 5.91 Å². The summed E-state index contributed by atoms with van der Waals surface area (Å²) in [7, 11) is 0. The van der Waals surface area contributed by atoms with E-state index in [1.54, 1.807) is 22.7 Å². The Hall–Kier alpha value is -2.55. The number of hydrogen-bond donors (Lipinski definition) is 1. The first kappa shape index (κ1) is 17.5. The van der Waals surface area contributed by atoms with Gasteiger partial charge in [0, 0.05) is 17.3 Å². The molecular weight excluding hydrogens is 408 g/mol. The van der Waals surface area contributed by atoms with E-state index < -0.39 is 0 Å². The summed E-state index contributed by atoms with van der Waals surface area (Å²) in [4.78, 5) is 23.9. The molecule has 0 aliphatic heterocycles. The third kappa shape index (κ3) is 3.13. The molecule has 4 aromatic heterocycles. The maximum absolute atomic E-state index is 12.6. The van der Waals surface area contributed by atoms with Crippen molar-refractivity contribution in [1.29, 1.82) is 0 Å². The average Bonchev–Trinajstić information content (AvgIpc) is 3.38. The summed E-state index contributed by atoms with van der Waals surface area (Å²) in [6, 6.07) is 8.29. The zero-order valence-electron chi connectivity index (χ0n) is 15.2. The second-order valence-corrected chi connectivity index (χ2v) is 9.47. The van der Waals surface area contributed by atoms with Gasteiger partial charge < -0.3 is 5.32 Å². The molecule has 1 N–H and O–H groups in total. The molecule has 0 fully saturated rings. The Morgan fingerprint density at radius 3 is 2.93 bits per heavy atom. The average molecular weight is 425 g/mol. The molecule has 4 heterocycles. The largest absolute Gasteiger partial charge is 0.302 e. The first-order valence-corrected chi connectivity index (χ1v) is 11.3. The van der Waals surface area contributed by atoms with Crippen molar-refractivity contribution in [3.05, 3.63) is 58.0 Å². The first-order valence-electron chi connectivity index (χ1n) is 8.74. The predicted molar refractivity (Wildman–Crippen MR) is 118 cm³/mol. The number of aryl methyl sites for hydroxylation is 2. The maximum atomic E-state index is 12.6. The second kappa shape index (κ2) is 6.80. The van der Waals surface area contributed by atoms with Crippen LogP contribution in [0.15, 0.2) is 41.2 Å². The lowest BCUT2D eigenvalue weighted by Gasteiger charge is -2.00. The lowest BCUT2D eigenvalue weighted by molar-refractivity contribution is -0.115. The number of amides is 1. The van der Waals surface area contributed by atoms with Gasteiger partial charge in [-0.1, -0.05) is 23.5 Å². The number of carbonyl (C=O) groups is 1. The summed E-state index contributed by atoms with van der Waals surface area (Å²) in [6.07, 6.45) is 2.29. The third-order valence-corrected chi connectivity index (χ3v) is 7.17. The van der Waals surface area contributed by atoms with E-state index in [4.69, 9.17) is 0 Å². The number of anilines is 1. The van der Waals surface area contributed by atoms with E-state index in [-0.39, 0.29) is 12.3 Å². The summed E-state index contributed by atoms with van der Waals surface area (Å²) >= 11 is 4.73. The molecule has 5 nitrogen and oxygen atoms in total. The Balaban J connectivity index is 1.38. The van der Waals surface area contributed by atoms with E-state index in [1.807, 2.05) is 34.3 Å². The Bertz CT molecular complexity index is 1310. The molecule has 1 aromatic carbocycles. The molecule has 0 unspecified atom stereocenters. The van der Waals surface area contributed by atoms with Crippen LogP contribution in [-0.4, -0.2) is 20.3 Å². The van der Waals surface area contributed by atoms with E-state index in [1.165, 1.54) is 16.9 Å². The molecule has 1 amide bonds. The number of nitrogens with zero attached hydrogens (tertiary/aromatic N) is 3. The standard InChI is InChI=1S/C20H16N4OS3/c1-11-6-12(2)18-16(7-11)28-19(23-18)22-17(25)8-13-10-27-20-21-14(9-24(13)20)15-4-3-5-26-15/h3-7,9-10H,8H2,1-2H3,(H,22,23,25). The monoisotopic (exact) mass is 424 g/mol. The summed E-state index contributed by atoms with van der Waals surface area (Å²) in [5.41, 5.74) is 5.17. The van der Waals surface area contributed by atoms with E-state index >= 15 is 0 Å². The number of aromatic nitrogens is 3. The van der Waals surface area contributed by atoms with Crippen LogP contribution in [0.3, 0.4) is 0 Å². The minimum Gasteiger partial charge on any atom is -0.302 e. The number of thiophene rings is 1. The van der Waals surface area contributed by atoms with Crippen molar-refractivity contribution >= 4 is 60.2 Å². The topological polar surface area (TPSA) is 59.3 Å². The summed E-state index contributed by atoms with van der Waals surface area (Å²) < 4.78 is 3.10. The van der Waals surface area contributed by atoms with Crippen LogP contribution in [-0.2, 0) is 11.2 Å². The summed E-state index contributed by atoms with van der Waals surface area (Å²) in [6.45, 7) is 4.12. The lowest BCUT2D eigenvalue weighted by Crippen LogP contribution is -2.15. The molecule has 0 aliphatic rings. The van der Waals surface area contributed by atoms with Gasteiger partial charge in [-0.05, 0) is 42.5 Å². The fraction of sp³-hybridized carbons (Fsp3) is 0.150. The molecule has 0 aliphatic carbocycles. The quantitative estimate of drug-likeness (QED) is 0.412. The molecule has 0 spiro atoms. The van der Waals surface area contributed by atoms with Crippen molar-refractivity contribution < 1.29 is 4.79 Å². The van der Waals surface area contributed by atoms with E-state index in [9.17, 15) is 4.79 Å². The second-order valence-electron chi connectivity index (χ2n) is 6.66. The van der Waals surface area contributed by atoms with Crippen molar-refractivity contribution in [1.82, 2.24) is 14.4 Å². The zero-order chi connectivity index (χ0) is 19.3. The highest BCUT2D eigenvalue weighted by Gasteiger charge is 2.15. The van der Waals surface area contributed by atoms with E-state index in [0.717, 1.165) is 37.0 Å². The third-order valence-electron chi connectivity index (χ3n) is 4.47. The van der Waals surface area contributed by atoms with Crippen LogP contribution in [0, 0.1) is 13.8 Å². The first-order chi connectivity index (χ1) is 13.6. The van der Waals surface area contributed by atoms with Gasteiger partial charge in [0.1, 0.15) is 5.69 Å². The lowest BCUT2D eigenvalue weighted by atomic mass is 10.1. The van der Waals surface area contributed by atoms with E-state index in [0.29, 0.717) is 5.13 Å². The summed E-state index contributed by atoms with van der Waals surface area (Å²) in [5, 5.41) is 7.63. The molecule has 5 aromatic rings. The van der Waals surface area contributed by atoms with Crippen LogP contribution >= 0.6 is 34.0 Å². The maximum Gasteiger partial charge on any atom is 0.232 e. The van der Waals surface area contributed by atoms with Gasteiger partial charge in [-0.25, -0.2) is 9.97 Å². The minimum absolute atomic E-state index is 0.0699. The Morgan fingerprint density at radius 1 is 1.21 bits per heavy atom. The normalized spacial score (nSPS) is 11.5. The number of fused-ring (bicyclic) bond motifs is 2. The SMILES string of the molecule is Cc1cc(C)c2nc(NC(=O)Cc3csc4nc(-c5cccs5)cn34)sc2c1. The van der Waals surface area contributed by atoms with Crippen LogP contribution < -0.4 is 5.32 Å². The van der Waals surface area contributed by atoms with E-state index in [2.05, 4.69) is 40.4 Å². The van der Waals surface area contributed by atoms with Crippen LogP contribution in [0.25, 0.3) is 25.7 Å². The summed E-state index contributed by atoms with van der Waals surface area (Å²) in [5.74, 6) is -0.0699. The van der Waals surface area contributed by atoms with Crippen molar-refractivity contribution in [3.63, 3.8) is 0 Å². The highest BCUT2D eigenvalue weighted by atomic mass is 32.1. The number of nitrogens with one attached hydrogen (secondary N) is 1. The van der Waals surface area contributed by atoms with Gasteiger partial charge in [0.25, 0.3) is 0 Å². The number of imidazole rings is 1. The highest BCUT2D eigenvalue weighted by Crippen LogP contribution is 2.30. The Kier molecular flexibility index (Phi) is 4.26. The van der Waals surface area contributed by atoms with Gasteiger partial charge in [0.15, 0.2) is 10.1 Å². The van der Waals surface area contributed by atoms with Crippen LogP contribution in [0.4, 0.5) is 5.13 Å². The molecule has 28 heavy (non-hydrogen) atoms. The number of carbonyl (C=O) groups excluding carboxylic acids is 1. The molecule has 5 rings (SSSR count). The molecule has 0 radical (unpaired) electrons. The van der Waals surface area contributed by atoms with Crippen molar-refractivity contribution in [2.45, 2.75) is 20.3 Å². The van der Waals surface area contributed by atoms with Gasteiger partial charge in [-0.15, -0.1) is 22.7 Å². The zero-order valence-corrected chi connectivity index (χ0v) is 17.7. The number of rotatable bonds is 4. The molecule has 8 heteroatoms. The smallest absolute Gasteiger partial charge is 0.232 e. The molecule has 0 saturated carbocycles.